The summed E-state index contributed by atoms with van der Waals surface area (Å²) in [5, 5.41) is 3.31. The summed E-state index contributed by atoms with van der Waals surface area (Å²) in [4.78, 5) is 9.96. The molecule has 0 atom stereocenters. The minimum Gasteiger partial charge on any atom is -0.326 e. The predicted octanol–water partition coefficient (Wildman–Crippen LogP) is 8.18. The fraction of sp³-hybridized carbons (Fsp3) is 0.594. The van der Waals surface area contributed by atoms with Crippen molar-refractivity contribution in [2.45, 2.75) is 79.1 Å². The Balaban J connectivity index is 1.56. The number of aryl methyl sites for hydroxylation is 1. The Hall–Kier alpha value is -2.58. The number of halogens is 3. The molecule has 2 heterocycles. The van der Waals surface area contributed by atoms with Gasteiger partial charge in [0.2, 0.25) is 5.95 Å². The number of nitrogens with zero attached hydrogens (tertiary/aromatic N) is 4. The summed E-state index contributed by atoms with van der Waals surface area (Å²) in [6.45, 7) is 16.3. The number of imidazole rings is 1. The second kappa shape index (κ2) is 13.9. The van der Waals surface area contributed by atoms with Crippen LogP contribution in [0.1, 0.15) is 70.9 Å². The van der Waals surface area contributed by atoms with Crippen molar-refractivity contribution in [3.8, 4) is 0 Å². The summed E-state index contributed by atoms with van der Waals surface area (Å²) in [5.41, 5.74) is 3.16. The number of anilines is 2. The summed E-state index contributed by atoms with van der Waals surface area (Å²) in [5.74, 6) is 1.85. The molecule has 0 amide bonds. The SMILES string of the molecule is CC(C)CN(Cc1ccc2nc(Nc3ccc(C(F)(F)F)cc3)n(CCCCN3CCCCC3)c2c1)CC(C)C. The minimum atomic E-state index is -4.35. The average Bonchev–Trinajstić information content (AvgIpc) is 3.22. The molecule has 1 saturated heterocycles. The predicted molar refractivity (Wildman–Crippen MR) is 159 cm³/mol. The second-order valence-corrected chi connectivity index (χ2v) is 12.2. The van der Waals surface area contributed by atoms with Gasteiger partial charge in [-0.1, -0.05) is 40.2 Å². The first-order chi connectivity index (χ1) is 19.1. The molecule has 8 heteroatoms. The lowest BCUT2D eigenvalue weighted by Crippen LogP contribution is -2.30. The molecule has 0 radical (unpaired) electrons. The molecule has 0 unspecified atom stereocenters. The Bertz CT molecular complexity index is 1180. The van der Waals surface area contributed by atoms with Gasteiger partial charge in [0.15, 0.2) is 0 Å². The molecule has 2 aromatic carbocycles. The molecule has 1 aliphatic heterocycles. The van der Waals surface area contributed by atoms with E-state index >= 15 is 0 Å². The number of hydrogen-bond acceptors (Lipinski definition) is 4. The Labute approximate surface area is 237 Å². The van der Waals surface area contributed by atoms with E-state index in [9.17, 15) is 13.2 Å². The number of piperidine rings is 1. The van der Waals surface area contributed by atoms with Crippen LogP contribution < -0.4 is 5.32 Å². The number of hydrogen-bond donors (Lipinski definition) is 1. The summed E-state index contributed by atoms with van der Waals surface area (Å²) in [6.07, 6.45) is 1.69. The van der Waals surface area contributed by atoms with Crippen molar-refractivity contribution in [1.82, 2.24) is 19.4 Å². The van der Waals surface area contributed by atoms with Gasteiger partial charge in [-0.3, -0.25) is 4.90 Å². The van der Waals surface area contributed by atoms with E-state index in [2.05, 4.69) is 65.6 Å². The summed E-state index contributed by atoms with van der Waals surface area (Å²) in [6, 6.07) is 11.7. The number of fused-ring (bicyclic) bond motifs is 1. The molecule has 3 aromatic rings. The first kappa shape index (κ1) is 30.4. The van der Waals surface area contributed by atoms with Crippen LogP contribution in [-0.2, 0) is 19.3 Å². The van der Waals surface area contributed by atoms with Gasteiger partial charge in [-0.2, -0.15) is 13.2 Å². The highest BCUT2D eigenvalue weighted by Gasteiger charge is 2.30. The van der Waals surface area contributed by atoms with Gasteiger partial charge in [0.05, 0.1) is 16.6 Å². The van der Waals surface area contributed by atoms with Gasteiger partial charge >= 0.3 is 6.18 Å². The lowest BCUT2D eigenvalue weighted by Gasteiger charge is -2.26. The second-order valence-electron chi connectivity index (χ2n) is 12.2. The van der Waals surface area contributed by atoms with Crippen molar-refractivity contribution >= 4 is 22.7 Å². The maximum Gasteiger partial charge on any atom is 0.416 e. The minimum absolute atomic E-state index is 0.590. The monoisotopic (exact) mass is 557 g/mol. The number of benzene rings is 2. The molecule has 0 spiro atoms. The van der Waals surface area contributed by atoms with Crippen LogP contribution in [-0.4, -0.2) is 52.1 Å². The zero-order valence-electron chi connectivity index (χ0n) is 24.6. The molecule has 220 valence electrons. The van der Waals surface area contributed by atoms with Crippen molar-refractivity contribution in [1.29, 1.82) is 0 Å². The Morgan fingerprint density at radius 1 is 0.875 bits per heavy atom. The largest absolute Gasteiger partial charge is 0.416 e. The third kappa shape index (κ3) is 8.71. The zero-order valence-corrected chi connectivity index (χ0v) is 24.6. The van der Waals surface area contributed by atoms with Crippen LogP contribution in [0.4, 0.5) is 24.8 Å². The van der Waals surface area contributed by atoms with Crippen LogP contribution in [0.3, 0.4) is 0 Å². The lowest BCUT2D eigenvalue weighted by atomic mass is 10.1. The highest BCUT2D eigenvalue weighted by atomic mass is 19.4. The number of aromatic nitrogens is 2. The van der Waals surface area contributed by atoms with E-state index in [1.807, 2.05) is 0 Å². The van der Waals surface area contributed by atoms with Crippen LogP contribution in [0.25, 0.3) is 11.0 Å². The van der Waals surface area contributed by atoms with E-state index in [0.717, 1.165) is 68.7 Å². The van der Waals surface area contributed by atoms with Crippen LogP contribution in [0.15, 0.2) is 42.5 Å². The van der Waals surface area contributed by atoms with Gasteiger partial charge < -0.3 is 14.8 Å². The standard InChI is InChI=1S/C32H46F3N5/c1-24(2)21-39(22-25(3)4)23-26-10-15-29-30(20-26)40(19-9-8-18-38-16-6-5-7-17-38)31(37-29)36-28-13-11-27(12-14-28)32(33,34)35/h10-15,20,24-25H,5-9,16-19,21-23H2,1-4H3,(H,36,37). The quantitative estimate of drug-likeness (QED) is 0.215. The van der Waals surface area contributed by atoms with Crippen LogP contribution in [0.2, 0.25) is 0 Å². The summed E-state index contributed by atoms with van der Waals surface area (Å²) >= 11 is 0. The summed E-state index contributed by atoms with van der Waals surface area (Å²) < 4.78 is 41.5. The number of nitrogens with one attached hydrogen (secondary N) is 1. The fourth-order valence-electron chi connectivity index (χ4n) is 5.74. The zero-order chi connectivity index (χ0) is 28.7. The Morgan fingerprint density at radius 2 is 1.52 bits per heavy atom. The Kier molecular flexibility index (Phi) is 10.5. The van der Waals surface area contributed by atoms with Gasteiger partial charge in [-0.05, 0) is 99.1 Å². The van der Waals surface area contributed by atoms with Gasteiger partial charge in [-0.15, -0.1) is 0 Å². The molecule has 1 aromatic heterocycles. The van der Waals surface area contributed by atoms with E-state index < -0.39 is 11.7 Å². The fourth-order valence-corrected chi connectivity index (χ4v) is 5.74. The molecule has 1 fully saturated rings. The highest BCUT2D eigenvalue weighted by Crippen LogP contribution is 2.31. The molecular weight excluding hydrogens is 511 g/mol. The first-order valence-corrected chi connectivity index (χ1v) is 15.0. The maximum atomic E-state index is 13.1. The van der Waals surface area contributed by atoms with Crippen LogP contribution >= 0.6 is 0 Å². The molecule has 1 N–H and O–H groups in total. The highest BCUT2D eigenvalue weighted by molar-refractivity contribution is 5.80. The third-order valence-electron chi connectivity index (χ3n) is 7.49. The topological polar surface area (TPSA) is 36.3 Å². The third-order valence-corrected chi connectivity index (χ3v) is 7.49. The number of unbranched alkanes of at least 4 members (excludes halogenated alkanes) is 1. The smallest absolute Gasteiger partial charge is 0.326 e. The van der Waals surface area contributed by atoms with Gasteiger partial charge in [0.25, 0.3) is 0 Å². The van der Waals surface area contributed by atoms with Gasteiger partial charge in [0, 0.05) is 31.9 Å². The molecule has 1 aliphatic rings. The van der Waals surface area contributed by atoms with Gasteiger partial charge in [-0.25, -0.2) is 4.98 Å². The van der Waals surface area contributed by atoms with E-state index in [1.54, 1.807) is 0 Å². The Morgan fingerprint density at radius 3 is 2.15 bits per heavy atom. The number of likely N-dealkylation sites (tertiary alicyclic amines) is 1. The molecule has 40 heavy (non-hydrogen) atoms. The molecule has 0 bridgehead atoms. The first-order valence-electron chi connectivity index (χ1n) is 15.0. The van der Waals surface area contributed by atoms with Gasteiger partial charge in [0.1, 0.15) is 0 Å². The van der Waals surface area contributed by atoms with E-state index in [0.29, 0.717) is 23.5 Å². The summed E-state index contributed by atoms with van der Waals surface area (Å²) in [7, 11) is 0. The van der Waals surface area contributed by atoms with Crippen molar-refractivity contribution in [2.24, 2.45) is 11.8 Å². The van der Waals surface area contributed by atoms with Crippen molar-refractivity contribution in [2.75, 3.05) is 38.0 Å². The van der Waals surface area contributed by atoms with Crippen LogP contribution in [0, 0.1) is 11.8 Å². The number of alkyl halides is 3. The molecule has 5 nitrogen and oxygen atoms in total. The van der Waals surface area contributed by atoms with Crippen LogP contribution in [0.5, 0.6) is 0 Å². The van der Waals surface area contributed by atoms with Crippen molar-refractivity contribution in [3.05, 3.63) is 53.6 Å². The molecular formula is C32H46F3N5. The van der Waals surface area contributed by atoms with Crippen molar-refractivity contribution < 1.29 is 13.2 Å². The average molecular weight is 558 g/mol. The normalized spacial score (nSPS) is 15.2. The van der Waals surface area contributed by atoms with E-state index in [1.165, 1.54) is 50.0 Å². The molecule has 0 saturated carbocycles. The molecule has 0 aliphatic carbocycles. The number of rotatable bonds is 13. The molecule has 4 rings (SSSR count). The van der Waals surface area contributed by atoms with E-state index in [-0.39, 0.29) is 0 Å². The maximum absolute atomic E-state index is 13.1. The van der Waals surface area contributed by atoms with E-state index in [4.69, 9.17) is 4.98 Å². The van der Waals surface area contributed by atoms with Crippen molar-refractivity contribution in [3.63, 3.8) is 0 Å². The lowest BCUT2D eigenvalue weighted by molar-refractivity contribution is -0.137.